The van der Waals surface area contributed by atoms with Gasteiger partial charge in [0.25, 0.3) is 10.0 Å². The number of aromatic carboxylic acids is 1. The molecule has 1 aromatic heterocycles. The number of benzene rings is 1. The lowest BCUT2D eigenvalue weighted by atomic mass is 10.2. The molecule has 0 saturated heterocycles. The van der Waals surface area contributed by atoms with Crippen molar-refractivity contribution in [2.75, 3.05) is 4.72 Å². The summed E-state index contributed by atoms with van der Waals surface area (Å²) in [5.74, 6) is -2.23. The number of imidazole rings is 1. The summed E-state index contributed by atoms with van der Waals surface area (Å²) >= 11 is 5.77. The van der Waals surface area contributed by atoms with Crippen molar-refractivity contribution in [1.82, 2.24) is 9.55 Å². The first kappa shape index (κ1) is 15.3. The summed E-state index contributed by atoms with van der Waals surface area (Å²) < 4.78 is 41.0. The SMILES string of the molecule is Cn1cnc(S(=O)(=O)Nc2cc(C(=O)O)ccc2F)c1Cl. The number of hydrogen-bond donors (Lipinski definition) is 2. The van der Waals surface area contributed by atoms with Gasteiger partial charge >= 0.3 is 5.97 Å². The summed E-state index contributed by atoms with van der Waals surface area (Å²) in [5, 5.41) is 8.19. The molecule has 7 nitrogen and oxygen atoms in total. The van der Waals surface area contributed by atoms with Crippen molar-refractivity contribution < 1.29 is 22.7 Å². The van der Waals surface area contributed by atoms with Gasteiger partial charge < -0.3 is 9.67 Å². The van der Waals surface area contributed by atoms with Gasteiger partial charge in [-0.05, 0) is 18.2 Å². The molecule has 2 N–H and O–H groups in total. The van der Waals surface area contributed by atoms with Gasteiger partial charge in [-0.1, -0.05) is 11.6 Å². The molecule has 0 aliphatic heterocycles. The van der Waals surface area contributed by atoms with Gasteiger partial charge in [0.1, 0.15) is 11.0 Å². The maximum atomic E-state index is 13.6. The van der Waals surface area contributed by atoms with E-state index < -0.39 is 32.5 Å². The maximum absolute atomic E-state index is 13.6. The van der Waals surface area contributed by atoms with E-state index in [1.807, 2.05) is 4.72 Å². The van der Waals surface area contributed by atoms with Crippen LogP contribution in [0.3, 0.4) is 0 Å². The first-order chi connectivity index (χ1) is 9.72. The summed E-state index contributed by atoms with van der Waals surface area (Å²) in [6.07, 6.45) is 1.18. The molecule has 1 aromatic carbocycles. The van der Waals surface area contributed by atoms with Gasteiger partial charge in [0, 0.05) is 7.05 Å². The summed E-state index contributed by atoms with van der Waals surface area (Å²) in [6, 6.07) is 2.73. The van der Waals surface area contributed by atoms with Crippen LogP contribution in [0.2, 0.25) is 5.15 Å². The molecule has 0 saturated carbocycles. The number of anilines is 1. The van der Waals surface area contributed by atoms with Gasteiger partial charge in [-0.3, -0.25) is 4.72 Å². The molecule has 21 heavy (non-hydrogen) atoms. The van der Waals surface area contributed by atoms with E-state index in [-0.39, 0.29) is 10.7 Å². The molecule has 0 amide bonds. The quantitative estimate of drug-likeness (QED) is 0.887. The second kappa shape index (κ2) is 5.34. The lowest BCUT2D eigenvalue weighted by Crippen LogP contribution is -2.15. The molecule has 2 rings (SSSR count). The molecular weight excluding hydrogens is 325 g/mol. The predicted molar refractivity (Wildman–Crippen MR) is 72.4 cm³/mol. The van der Waals surface area contributed by atoms with Gasteiger partial charge in [-0.15, -0.1) is 0 Å². The van der Waals surface area contributed by atoms with Crippen LogP contribution in [-0.4, -0.2) is 29.0 Å². The van der Waals surface area contributed by atoms with Crippen LogP contribution in [0.15, 0.2) is 29.6 Å². The van der Waals surface area contributed by atoms with Crippen LogP contribution in [-0.2, 0) is 17.1 Å². The van der Waals surface area contributed by atoms with Crippen LogP contribution >= 0.6 is 11.6 Å². The zero-order valence-electron chi connectivity index (χ0n) is 10.5. The molecule has 0 spiro atoms. The molecule has 1 heterocycles. The summed E-state index contributed by atoms with van der Waals surface area (Å²) in [5.41, 5.74) is -0.766. The molecule has 0 bridgehead atoms. The third kappa shape index (κ3) is 2.98. The van der Waals surface area contributed by atoms with E-state index in [4.69, 9.17) is 16.7 Å². The molecular formula is C11H9ClFN3O4S. The second-order valence-corrected chi connectivity index (χ2v) is 6.01. The van der Waals surface area contributed by atoms with Crippen LogP contribution in [0, 0.1) is 5.82 Å². The van der Waals surface area contributed by atoms with Crippen molar-refractivity contribution in [3.05, 3.63) is 41.1 Å². The highest BCUT2D eigenvalue weighted by molar-refractivity contribution is 7.92. The number of nitrogens with one attached hydrogen (secondary N) is 1. The highest BCUT2D eigenvalue weighted by Crippen LogP contribution is 2.24. The number of carbonyl (C=O) groups is 1. The van der Waals surface area contributed by atoms with E-state index >= 15 is 0 Å². The fraction of sp³-hybridized carbons (Fsp3) is 0.0909. The number of nitrogens with zero attached hydrogens (tertiary/aromatic N) is 2. The standard InChI is InChI=1S/C11H9ClFN3O4S/c1-16-5-14-10(9(16)12)21(19,20)15-8-4-6(11(17)18)2-3-7(8)13/h2-5,15H,1H3,(H,17,18). The van der Waals surface area contributed by atoms with Crippen molar-refractivity contribution in [2.45, 2.75) is 5.03 Å². The number of aromatic nitrogens is 2. The normalized spacial score (nSPS) is 11.4. The highest BCUT2D eigenvalue weighted by atomic mass is 35.5. The van der Waals surface area contributed by atoms with Crippen molar-refractivity contribution in [1.29, 1.82) is 0 Å². The van der Waals surface area contributed by atoms with Gasteiger partial charge in [-0.25, -0.2) is 14.2 Å². The average molecular weight is 334 g/mol. The van der Waals surface area contributed by atoms with Crippen molar-refractivity contribution in [2.24, 2.45) is 7.05 Å². The largest absolute Gasteiger partial charge is 0.478 e. The van der Waals surface area contributed by atoms with Crippen molar-refractivity contribution in [3.8, 4) is 0 Å². The van der Waals surface area contributed by atoms with Crippen molar-refractivity contribution >= 4 is 33.3 Å². The third-order valence-electron chi connectivity index (χ3n) is 2.55. The van der Waals surface area contributed by atoms with Gasteiger partial charge in [0.05, 0.1) is 17.6 Å². The minimum atomic E-state index is -4.23. The Bertz CT molecular complexity index is 819. The van der Waals surface area contributed by atoms with E-state index in [1.165, 1.54) is 17.9 Å². The Hall–Kier alpha value is -2.13. The molecule has 0 atom stereocenters. The molecule has 0 fully saturated rings. The van der Waals surface area contributed by atoms with Gasteiger partial charge in [0.2, 0.25) is 5.03 Å². The number of sulfonamides is 1. The first-order valence-corrected chi connectivity index (χ1v) is 7.31. The molecule has 0 unspecified atom stereocenters. The summed E-state index contributed by atoms with van der Waals surface area (Å²) in [4.78, 5) is 14.4. The van der Waals surface area contributed by atoms with E-state index in [2.05, 4.69) is 4.98 Å². The number of rotatable bonds is 4. The summed E-state index contributed by atoms with van der Waals surface area (Å²) in [6.45, 7) is 0. The Kier molecular flexibility index (Phi) is 3.88. The smallest absolute Gasteiger partial charge is 0.335 e. The van der Waals surface area contributed by atoms with E-state index in [0.29, 0.717) is 0 Å². The maximum Gasteiger partial charge on any atom is 0.335 e. The molecule has 2 aromatic rings. The Morgan fingerprint density at radius 3 is 2.67 bits per heavy atom. The zero-order chi connectivity index (χ0) is 15.8. The number of halogens is 2. The fourth-order valence-corrected chi connectivity index (χ4v) is 3.00. The van der Waals surface area contributed by atoms with Gasteiger partial charge in [-0.2, -0.15) is 8.42 Å². The summed E-state index contributed by atoms with van der Waals surface area (Å²) in [7, 11) is -2.75. The lowest BCUT2D eigenvalue weighted by Gasteiger charge is -2.08. The monoisotopic (exact) mass is 333 g/mol. The first-order valence-electron chi connectivity index (χ1n) is 5.45. The van der Waals surface area contributed by atoms with E-state index in [1.54, 1.807) is 0 Å². The highest BCUT2D eigenvalue weighted by Gasteiger charge is 2.24. The molecule has 0 aliphatic carbocycles. The van der Waals surface area contributed by atoms with Gasteiger partial charge in [0.15, 0.2) is 0 Å². The molecule has 10 heteroatoms. The fourth-order valence-electron chi connectivity index (χ4n) is 1.50. The van der Waals surface area contributed by atoms with Crippen LogP contribution in [0.5, 0.6) is 0 Å². The molecule has 0 radical (unpaired) electrons. The predicted octanol–water partition coefficient (Wildman–Crippen LogP) is 1.71. The number of carboxylic acid groups (broad SMARTS) is 1. The Morgan fingerprint density at radius 1 is 1.48 bits per heavy atom. The van der Waals surface area contributed by atoms with Crippen LogP contribution in [0.1, 0.15) is 10.4 Å². The Labute approximate surface area is 124 Å². The minimum Gasteiger partial charge on any atom is -0.478 e. The van der Waals surface area contributed by atoms with Crippen molar-refractivity contribution in [3.63, 3.8) is 0 Å². The van der Waals surface area contributed by atoms with Crippen LogP contribution < -0.4 is 4.72 Å². The topological polar surface area (TPSA) is 101 Å². The van der Waals surface area contributed by atoms with E-state index in [9.17, 15) is 17.6 Å². The third-order valence-corrected chi connectivity index (χ3v) is 4.40. The molecule has 112 valence electrons. The van der Waals surface area contributed by atoms with Crippen LogP contribution in [0.25, 0.3) is 0 Å². The lowest BCUT2D eigenvalue weighted by molar-refractivity contribution is 0.0697. The Balaban J connectivity index is 2.44. The van der Waals surface area contributed by atoms with Crippen LogP contribution in [0.4, 0.5) is 10.1 Å². The average Bonchev–Trinajstić information content (AvgIpc) is 2.73. The minimum absolute atomic E-state index is 0.155. The van der Waals surface area contributed by atoms with E-state index in [0.717, 1.165) is 18.2 Å². The number of hydrogen-bond acceptors (Lipinski definition) is 4. The molecule has 0 aliphatic rings. The Morgan fingerprint density at radius 2 is 2.14 bits per heavy atom. The number of carboxylic acids is 1. The number of aryl methyl sites for hydroxylation is 1. The zero-order valence-corrected chi connectivity index (χ0v) is 12.1. The second-order valence-electron chi connectivity index (χ2n) is 4.06.